The van der Waals surface area contributed by atoms with Crippen molar-refractivity contribution in [2.75, 3.05) is 12.3 Å². The lowest BCUT2D eigenvalue weighted by atomic mass is 10.1. The molecule has 4 nitrogen and oxygen atoms in total. The zero-order chi connectivity index (χ0) is 14.9. The Morgan fingerprint density at radius 2 is 2.10 bits per heavy atom. The van der Waals surface area contributed by atoms with E-state index in [9.17, 15) is 13.5 Å². The average molecular weight is 315 g/mol. The van der Waals surface area contributed by atoms with Gasteiger partial charge in [-0.25, -0.2) is 8.42 Å². The summed E-state index contributed by atoms with van der Waals surface area (Å²) in [6.07, 6.45) is 0. The number of aliphatic hydroxyl groups is 1. The lowest BCUT2D eigenvalue weighted by molar-refractivity contribution is 0.280. The minimum Gasteiger partial charge on any atom is -0.392 e. The summed E-state index contributed by atoms with van der Waals surface area (Å²) in [4.78, 5) is 0.276. The maximum atomic E-state index is 12.8. The normalized spacial score (nSPS) is 24.8. The van der Waals surface area contributed by atoms with Crippen molar-refractivity contribution in [1.29, 1.82) is 0 Å². The number of benzene rings is 1. The Kier molecular flexibility index (Phi) is 4.79. The monoisotopic (exact) mass is 315 g/mol. The number of aryl methyl sites for hydroxylation is 1. The Morgan fingerprint density at radius 1 is 1.40 bits per heavy atom. The summed E-state index contributed by atoms with van der Waals surface area (Å²) in [5.74, 6) is 0.823. The molecule has 2 rings (SSSR count). The van der Waals surface area contributed by atoms with Crippen molar-refractivity contribution in [2.45, 2.75) is 43.6 Å². The molecule has 1 aromatic carbocycles. The molecule has 0 saturated carbocycles. The van der Waals surface area contributed by atoms with Crippen molar-refractivity contribution < 1.29 is 13.5 Å². The minimum atomic E-state index is -3.48. The number of sulfonamides is 1. The predicted octanol–water partition coefficient (Wildman–Crippen LogP) is 2.00. The third-order valence-corrected chi connectivity index (χ3v) is 7.24. The highest BCUT2D eigenvalue weighted by atomic mass is 32.2. The van der Waals surface area contributed by atoms with Crippen LogP contribution in [0.4, 0.5) is 0 Å². The molecule has 1 N–H and O–H groups in total. The van der Waals surface area contributed by atoms with Gasteiger partial charge in [-0.1, -0.05) is 13.0 Å². The van der Waals surface area contributed by atoms with Crippen LogP contribution in [0.1, 0.15) is 25.0 Å². The summed E-state index contributed by atoms with van der Waals surface area (Å²) in [5, 5.41) is 9.59. The molecule has 0 aliphatic carbocycles. The molecule has 20 heavy (non-hydrogen) atoms. The number of aliphatic hydroxyl groups excluding tert-OH is 1. The van der Waals surface area contributed by atoms with Crippen molar-refractivity contribution in [1.82, 2.24) is 4.31 Å². The highest BCUT2D eigenvalue weighted by molar-refractivity contribution is 8.00. The molecule has 2 unspecified atom stereocenters. The van der Waals surface area contributed by atoms with Gasteiger partial charge >= 0.3 is 0 Å². The Labute approximate surface area is 125 Å². The summed E-state index contributed by atoms with van der Waals surface area (Å²) < 4.78 is 27.1. The van der Waals surface area contributed by atoms with Crippen molar-refractivity contribution in [3.05, 3.63) is 29.3 Å². The van der Waals surface area contributed by atoms with Gasteiger partial charge in [0, 0.05) is 23.6 Å². The van der Waals surface area contributed by atoms with Crippen LogP contribution in [0.5, 0.6) is 0 Å². The zero-order valence-electron chi connectivity index (χ0n) is 12.0. The van der Waals surface area contributed by atoms with Crippen molar-refractivity contribution in [2.24, 2.45) is 0 Å². The molecule has 0 radical (unpaired) electrons. The molecule has 6 heteroatoms. The number of rotatable bonds is 3. The van der Waals surface area contributed by atoms with E-state index in [2.05, 4.69) is 6.92 Å². The smallest absolute Gasteiger partial charge is 0.243 e. The first-order valence-corrected chi connectivity index (χ1v) is 9.20. The zero-order valence-corrected chi connectivity index (χ0v) is 13.7. The van der Waals surface area contributed by atoms with E-state index in [0.717, 1.165) is 11.3 Å². The molecule has 0 aromatic heterocycles. The van der Waals surface area contributed by atoms with Crippen molar-refractivity contribution in [3.8, 4) is 0 Å². The van der Waals surface area contributed by atoms with Gasteiger partial charge in [-0.05, 0) is 37.1 Å². The van der Waals surface area contributed by atoms with Gasteiger partial charge in [-0.3, -0.25) is 0 Å². The number of nitrogens with zero attached hydrogens (tertiary/aromatic N) is 1. The fourth-order valence-electron chi connectivity index (χ4n) is 2.36. The maximum absolute atomic E-state index is 12.8. The Morgan fingerprint density at radius 3 is 2.75 bits per heavy atom. The number of thioether (sulfide) groups is 1. The molecule has 1 heterocycles. The molecule has 0 amide bonds. The Hall–Kier alpha value is -0.560. The number of hydrogen-bond acceptors (Lipinski definition) is 4. The van der Waals surface area contributed by atoms with E-state index in [1.807, 2.05) is 13.8 Å². The molecule has 0 spiro atoms. The van der Waals surface area contributed by atoms with Gasteiger partial charge in [0.1, 0.15) is 0 Å². The first kappa shape index (κ1) is 15.8. The summed E-state index contributed by atoms with van der Waals surface area (Å²) in [5.41, 5.74) is 1.57. The van der Waals surface area contributed by atoms with E-state index in [4.69, 9.17) is 0 Å². The standard InChI is InChI=1S/C14H21NO3S2/c1-10-4-5-14(8-13(10)9-16)20(17,18)15-6-7-19-12(3)11(15)2/h4-5,8,11-12,16H,6-7,9H2,1-3H3. The fraction of sp³-hybridized carbons (Fsp3) is 0.571. The van der Waals surface area contributed by atoms with Crippen LogP contribution in [0.2, 0.25) is 0 Å². The van der Waals surface area contributed by atoms with Crippen molar-refractivity contribution in [3.63, 3.8) is 0 Å². The van der Waals surface area contributed by atoms with Crippen LogP contribution in [0, 0.1) is 6.92 Å². The van der Waals surface area contributed by atoms with Crippen LogP contribution >= 0.6 is 11.8 Å². The molecule has 112 valence electrons. The molecule has 0 bridgehead atoms. The summed E-state index contributed by atoms with van der Waals surface area (Å²) >= 11 is 1.81. The summed E-state index contributed by atoms with van der Waals surface area (Å²) in [7, 11) is -3.48. The Bertz CT molecular complexity index is 586. The third-order valence-electron chi connectivity index (χ3n) is 3.92. The highest BCUT2D eigenvalue weighted by Gasteiger charge is 2.35. The van der Waals surface area contributed by atoms with Gasteiger partial charge < -0.3 is 5.11 Å². The van der Waals surface area contributed by atoms with Gasteiger partial charge in [-0.15, -0.1) is 0 Å². The fourth-order valence-corrected chi connectivity index (χ4v) is 5.40. The largest absolute Gasteiger partial charge is 0.392 e. The van der Waals surface area contributed by atoms with Gasteiger partial charge in [0.15, 0.2) is 0 Å². The van der Waals surface area contributed by atoms with Crippen LogP contribution in [0.25, 0.3) is 0 Å². The molecule has 1 aliphatic heterocycles. The number of hydrogen-bond donors (Lipinski definition) is 1. The van der Waals surface area contributed by atoms with Crippen LogP contribution in [-0.4, -0.2) is 41.4 Å². The van der Waals surface area contributed by atoms with E-state index in [-0.39, 0.29) is 17.5 Å². The lowest BCUT2D eigenvalue weighted by Gasteiger charge is -2.36. The Balaban J connectivity index is 2.39. The predicted molar refractivity (Wildman–Crippen MR) is 82.4 cm³/mol. The molecular formula is C14H21NO3S2. The molecule has 1 aromatic rings. The van der Waals surface area contributed by atoms with Gasteiger partial charge in [0.05, 0.1) is 11.5 Å². The van der Waals surface area contributed by atoms with Gasteiger partial charge in [-0.2, -0.15) is 16.1 Å². The molecule has 1 aliphatic rings. The second kappa shape index (κ2) is 6.05. The highest BCUT2D eigenvalue weighted by Crippen LogP contribution is 2.30. The van der Waals surface area contributed by atoms with Gasteiger partial charge in [0.25, 0.3) is 0 Å². The maximum Gasteiger partial charge on any atom is 0.243 e. The molecule has 1 saturated heterocycles. The second-order valence-electron chi connectivity index (χ2n) is 5.18. The first-order valence-electron chi connectivity index (χ1n) is 6.71. The average Bonchev–Trinajstić information content (AvgIpc) is 2.42. The lowest BCUT2D eigenvalue weighted by Crippen LogP contribution is -2.47. The summed E-state index contributed by atoms with van der Waals surface area (Å²) in [6.45, 7) is 6.28. The van der Waals surface area contributed by atoms with E-state index in [0.29, 0.717) is 17.4 Å². The molecule has 1 fully saturated rings. The minimum absolute atomic E-state index is 0.0161. The third kappa shape index (κ3) is 2.88. The first-order chi connectivity index (χ1) is 9.37. The van der Waals surface area contributed by atoms with Crippen LogP contribution in [0.3, 0.4) is 0 Å². The molecular weight excluding hydrogens is 294 g/mol. The summed E-state index contributed by atoms with van der Waals surface area (Å²) in [6, 6.07) is 4.95. The van der Waals surface area contributed by atoms with Gasteiger partial charge in [0.2, 0.25) is 10.0 Å². The van der Waals surface area contributed by atoms with Crippen LogP contribution in [-0.2, 0) is 16.6 Å². The van der Waals surface area contributed by atoms with E-state index >= 15 is 0 Å². The quantitative estimate of drug-likeness (QED) is 0.927. The van der Waals surface area contributed by atoms with E-state index < -0.39 is 10.0 Å². The van der Waals surface area contributed by atoms with Crippen molar-refractivity contribution >= 4 is 21.8 Å². The van der Waals surface area contributed by atoms with Crippen LogP contribution < -0.4 is 0 Å². The second-order valence-corrected chi connectivity index (χ2v) is 8.55. The van der Waals surface area contributed by atoms with E-state index in [1.165, 1.54) is 0 Å². The van der Waals surface area contributed by atoms with Crippen LogP contribution in [0.15, 0.2) is 23.1 Å². The SMILES string of the molecule is Cc1ccc(S(=O)(=O)N2CCSC(C)C2C)cc1CO. The van der Waals surface area contributed by atoms with E-state index in [1.54, 1.807) is 34.3 Å². The molecule has 2 atom stereocenters. The topological polar surface area (TPSA) is 57.6 Å².